The highest BCUT2D eigenvalue weighted by atomic mass is 16.3. The number of likely N-dealkylation sites (N-methyl/N-ethyl adjacent to an activating group) is 1. The Labute approximate surface area is 82.6 Å². The average molecular weight is 192 g/mol. The highest BCUT2D eigenvalue weighted by Gasteiger charge is 2.11. The van der Waals surface area contributed by atoms with Crippen molar-refractivity contribution >= 4 is 5.95 Å². The number of anilines is 1. The molecule has 1 unspecified atom stereocenters. The molecule has 1 aromatic heterocycles. The lowest BCUT2D eigenvalue weighted by atomic mass is 10.3. The summed E-state index contributed by atoms with van der Waals surface area (Å²) in [6, 6.07) is 3.42. The van der Waals surface area contributed by atoms with Gasteiger partial charge in [0, 0.05) is 13.2 Å². The van der Waals surface area contributed by atoms with Gasteiger partial charge >= 0.3 is 0 Å². The molecule has 1 N–H and O–H groups in total. The minimum Gasteiger partial charge on any atom is -0.394 e. The third-order valence-corrected chi connectivity index (χ3v) is 2.00. The molecule has 1 atom stereocenters. The van der Waals surface area contributed by atoms with Gasteiger partial charge in [-0.2, -0.15) is 5.26 Å². The second kappa shape index (κ2) is 4.53. The molecule has 0 aliphatic carbocycles. The maximum absolute atomic E-state index is 8.93. The molecule has 0 fully saturated rings. The van der Waals surface area contributed by atoms with Crippen LogP contribution in [0.25, 0.3) is 0 Å². The molecule has 0 amide bonds. The third kappa shape index (κ3) is 2.18. The predicted molar refractivity (Wildman–Crippen MR) is 51.7 cm³/mol. The van der Waals surface area contributed by atoms with Gasteiger partial charge in [0.25, 0.3) is 0 Å². The topological polar surface area (TPSA) is 73.0 Å². The Morgan fingerprint density at radius 2 is 2.43 bits per heavy atom. The van der Waals surface area contributed by atoms with Crippen molar-refractivity contribution in [3.63, 3.8) is 0 Å². The quantitative estimate of drug-likeness (QED) is 0.738. The lowest BCUT2D eigenvalue weighted by Gasteiger charge is -2.22. The number of nitriles is 1. The zero-order valence-electron chi connectivity index (χ0n) is 8.18. The summed E-state index contributed by atoms with van der Waals surface area (Å²) >= 11 is 0. The zero-order chi connectivity index (χ0) is 10.6. The van der Waals surface area contributed by atoms with Crippen molar-refractivity contribution in [2.24, 2.45) is 0 Å². The van der Waals surface area contributed by atoms with E-state index in [-0.39, 0.29) is 12.6 Å². The van der Waals surface area contributed by atoms with Crippen molar-refractivity contribution in [2.75, 3.05) is 18.6 Å². The summed E-state index contributed by atoms with van der Waals surface area (Å²) in [5.41, 5.74) is 0.326. The Balaban J connectivity index is 2.91. The Bertz CT molecular complexity index is 347. The van der Waals surface area contributed by atoms with E-state index < -0.39 is 0 Å². The van der Waals surface area contributed by atoms with Crippen LogP contribution in [0.2, 0.25) is 0 Å². The van der Waals surface area contributed by atoms with E-state index in [0.717, 1.165) is 0 Å². The Morgan fingerprint density at radius 1 is 1.71 bits per heavy atom. The van der Waals surface area contributed by atoms with Gasteiger partial charge in [-0.3, -0.25) is 0 Å². The minimum atomic E-state index is -0.0658. The molecule has 0 radical (unpaired) electrons. The fourth-order valence-corrected chi connectivity index (χ4v) is 0.900. The van der Waals surface area contributed by atoms with E-state index in [2.05, 4.69) is 9.97 Å². The highest BCUT2D eigenvalue weighted by molar-refractivity contribution is 5.33. The van der Waals surface area contributed by atoms with Crippen LogP contribution in [-0.4, -0.2) is 34.8 Å². The van der Waals surface area contributed by atoms with Gasteiger partial charge in [-0.1, -0.05) is 0 Å². The Morgan fingerprint density at radius 3 is 3.00 bits per heavy atom. The molecule has 14 heavy (non-hydrogen) atoms. The first-order valence-electron chi connectivity index (χ1n) is 4.26. The van der Waals surface area contributed by atoms with Gasteiger partial charge in [-0.15, -0.1) is 0 Å². The molecule has 1 aromatic rings. The molecule has 0 spiro atoms. The summed E-state index contributed by atoms with van der Waals surface area (Å²) in [4.78, 5) is 9.73. The van der Waals surface area contributed by atoms with E-state index in [1.54, 1.807) is 18.0 Å². The molecule has 0 aliphatic rings. The molecule has 0 aromatic carbocycles. The molecule has 0 bridgehead atoms. The van der Waals surface area contributed by atoms with Crippen molar-refractivity contribution in [1.82, 2.24) is 9.97 Å². The SMILES string of the molecule is CC(CO)N(C)c1nccc(C#N)n1. The van der Waals surface area contributed by atoms with E-state index in [4.69, 9.17) is 10.4 Å². The van der Waals surface area contributed by atoms with Crippen LogP contribution in [0.4, 0.5) is 5.95 Å². The fourth-order valence-electron chi connectivity index (χ4n) is 0.900. The maximum Gasteiger partial charge on any atom is 0.226 e. The average Bonchev–Trinajstić information content (AvgIpc) is 2.27. The molecule has 0 aliphatic heterocycles. The number of aliphatic hydroxyl groups excluding tert-OH is 1. The molecule has 5 nitrogen and oxygen atoms in total. The highest BCUT2D eigenvalue weighted by Crippen LogP contribution is 2.07. The summed E-state index contributed by atoms with van der Waals surface area (Å²) in [6.07, 6.45) is 1.53. The first-order chi connectivity index (χ1) is 6.69. The van der Waals surface area contributed by atoms with Crippen LogP contribution in [0.3, 0.4) is 0 Å². The van der Waals surface area contributed by atoms with E-state index in [1.165, 1.54) is 6.20 Å². The van der Waals surface area contributed by atoms with Crippen LogP contribution in [-0.2, 0) is 0 Å². The second-order valence-corrected chi connectivity index (χ2v) is 3.00. The predicted octanol–water partition coefficient (Wildman–Crippen LogP) is 0.165. The van der Waals surface area contributed by atoms with E-state index in [1.807, 2.05) is 13.0 Å². The number of hydrogen-bond donors (Lipinski definition) is 1. The molecule has 0 saturated heterocycles. The number of hydrogen-bond acceptors (Lipinski definition) is 5. The van der Waals surface area contributed by atoms with E-state index in [0.29, 0.717) is 11.6 Å². The van der Waals surface area contributed by atoms with Gasteiger partial charge in [0.1, 0.15) is 11.8 Å². The molecule has 1 rings (SSSR count). The number of aliphatic hydroxyl groups is 1. The summed E-state index contributed by atoms with van der Waals surface area (Å²) in [7, 11) is 1.78. The van der Waals surface area contributed by atoms with Crippen molar-refractivity contribution in [3.05, 3.63) is 18.0 Å². The van der Waals surface area contributed by atoms with Gasteiger partial charge in [-0.25, -0.2) is 9.97 Å². The first-order valence-corrected chi connectivity index (χ1v) is 4.26. The van der Waals surface area contributed by atoms with Gasteiger partial charge in [0.2, 0.25) is 5.95 Å². The van der Waals surface area contributed by atoms with Crippen molar-refractivity contribution in [3.8, 4) is 6.07 Å². The van der Waals surface area contributed by atoms with Crippen LogP contribution >= 0.6 is 0 Å². The lowest BCUT2D eigenvalue weighted by Crippen LogP contribution is -2.33. The number of nitrogens with zero attached hydrogens (tertiary/aromatic N) is 4. The first kappa shape index (κ1) is 10.4. The summed E-state index contributed by atoms with van der Waals surface area (Å²) in [5.74, 6) is 0.450. The van der Waals surface area contributed by atoms with Crippen molar-refractivity contribution < 1.29 is 5.11 Å². The largest absolute Gasteiger partial charge is 0.394 e. The van der Waals surface area contributed by atoms with Gasteiger partial charge in [0.05, 0.1) is 12.6 Å². The molecule has 74 valence electrons. The van der Waals surface area contributed by atoms with E-state index >= 15 is 0 Å². The monoisotopic (exact) mass is 192 g/mol. The van der Waals surface area contributed by atoms with Gasteiger partial charge in [0.15, 0.2) is 0 Å². The standard InChI is InChI=1S/C9H12N4O/c1-7(6-14)13(2)9-11-4-3-8(5-10)12-9/h3-4,7,14H,6H2,1-2H3. The van der Waals surface area contributed by atoms with E-state index in [9.17, 15) is 0 Å². The van der Waals surface area contributed by atoms with Crippen LogP contribution in [0, 0.1) is 11.3 Å². The molecule has 1 heterocycles. The van der Waals surface area contributed by atoms with Crippen molar-refractivity contribution in [1.29, 1.82) is 5.26 Å². The maximum atomic E-state index is 8.93. The van der Waals surface area contributed by atoms with Gasteiger partial charge < -0.3 is 10.0 Å². The fraction of sp³-hybridized carbons (Fsp3) is 0.444. The normalized spacial score (nSPS) is 11.9. The van der Waals surface area contributed by atoms with Crippen LogP contribution in [0.5, 0.6) is 0 Å². The second-order valence-electron chi connectivity index (χ2n) is 3.00. The number of rotatable bonds is 3. The molecular weight excluding hydrogens is 180 g/mol. The lowest BCUT2D eigenvalue weighted by molar-refractivity contribution is 0.269. The third-order valence-electron chi connectivity index (χ3n) is 2.00. The van der Waals surface area contributed by atoms with Gasteiger partial charge in [-0.05, 0) is 13.0 Å². The number of aromatic nitrogens is 2. The van der Waals surface area contributed by atoms with Crippen LogP contribution in [0.15, 0.2) is 12.3 Å². The van der Waals surface area contributed by atoms with Crippen molar-refractivity contribution in [2.45, 2.75) is 13.0 Å². The molecule has 0 saturated carbocycles. The minimum absolute atomic E-state index is 0.0244. The zero-order valence-corrected chi connectivity index (χ0v) is 8.18. The summed E-state index contributed by atoms with van der Waals surface area (Å²) in [6.45, 7) is 1.87. The Kier molecular flexibility index (Phi) is 3.37. The summed E-state index contributed by atoms with van der Waals surface area (Å²) < 4.78 is 0. The molecular formula is C9H12N4O. The summed E-state index contributed by atoms with van der Waals surface area (Å²) in [5, 5.41) is 17.6. The smallest absolute Gasteiger partial charge is 0.226 e. The van der Waals surface area contributed by atoms with Crippen LogP contribution in [0.1, 0.15) is 12.6 Å². The van der Waals surface area contributed by atoms with Crippen LogP contribution < -0.4 is 4.90 Å². The Hall–Kier alpha value is -1.67. The molecule has 5 heteroatoms.